The van der Waals surface area contributed by atoms with Crippen LogP contribution in [0, 0.1) is 0 Å². The van der Waals surface area contributed by atoms with Gasteiger partial charge in [0.05, 0.1) is 28.5 Å². The van der Waals surface area contributed by atoms with E-state index in [1.807, 2.05) is 36.4 Å². The van der Waals surface area contributed by atoms with Gasteiger partial charge in [-0.3, -0.25) is 9.10 Å². The number of hydrogen-bond donors (Lipinski definition) is 1. The highest BCUT2D eigenvalue weighted by atomic mass is 35.5. The molecule has 0 aliphatic heterocycles. The third-order valence-electron chi connectivity index (χ3n) is 5.77. The number of hydrogen-bond acceptors (Lipinski definition) is 4. The topological polar surface area (TPSA) is 79.6 Å². The Morgan fingerprint density at radius 2 is 1.58 bits per heavy atom. The van der Waals surface area contributed by atoms with Gasteiger partial charge < -0.3 is 9.73 Å². The van der Waals surface area contributed by atoms with Crippen LogP contribution in [0.1, 0.15) is 15.9 Å². The first-order valence-corrected chi connectivity index (χ1v) is 13.5. The van der Waals surface area contributed by atoms with E-state index in [1.54, 1.807) is 42.5 Å². The Morgan fingerprint density at radius 1 is 0.861 bits per heavy atom. The molecule has 5 rings (SSSR count). The summed E-state index contributed by atoms with van der Waals surface area (Å²) in [6, 6.07) is 24.7. The van der Waals surface area contributed by atoms with E-state index < -0.39 is 10.0 Å². The van der Waals surface area contributed by atoms with E-state index in [0.717, 1.165) is 22.6 Å². The number of benzene rings is 4. The first-order chi connectivity index (χ1) is 17.2. The Bertz CT molecular complexity index is 1710. The van der Waals surface area contributed by atoms with Gasteiger partial charge in [0.2, 0.25) is 10.0 Å². The predicted molar refractivity (Wildman–Crippen MR) is 146 cm³/mol. The zero-order valence-corrected chi connectivity index (χ0v) is 21.4. The number of nitrogens with one attached hydrogen (secondary N) is 1. The van der Waals surface area contributed by atoms with Gasteiger partial charge in [-0.15, -0.1) is 0 Å². The Hall–Kier alpha value is -3.52. The fourth-order valence-electron chi connectivity index (χ4n) is 3.97. The number of sulfonamides is 1. The van der Waals surface area contributed by atoms with Crippen molar-refractivity contribution in [1.29, 1.82) is 0 Å². The number of halogens is 2. The molecule has 182 valence electrons. The van der Waals surface area contributed by atoms with E-state index >= 15 is 0 Å². The van der Waals surface area contributed by atoms with Gasteiger partial charge >= 0.3 is 0 Å². The molecule has 4 aromatic carbocycles. The number of carbonyl (C=O) groups is 1. The predicted octanol–water partition coefficient (Wildman–Crippen LogP) is 7.11. The number of amides is 1. The van der Waals surface area contributed by atoms with Gasteiger partial charge in [0.25, 0.3) is 5.91 Å². The monoisotopic (exact) mass is 538 g/mol. The Balaban J connectivity index is 1.33. The Morgan fingerprint density at radius 3 is 2.31 bits per heavy atom. The molecule has 0 unspecified atom stereocenters. The molecule has 6 nitrogen and oxygen atoms in total. The van der Waals surface area contributed by atoms with E-state index in [2.05, 4.69) is 5.32 Å². The lowest BCUT2D eigenvalue weighted by atomic mass is 10.1. The zero-order valence-electron chi connectivity index (χ0n) is 19.0. The highest BCUT2D eigenvalue weighted by Crippen LogP contribution is 2.31. The summed E-state index contributed by atoms with van der Waals surface area (Å²) in [5.41, 5.74) is 3.62. The zero-order chi connectivity index (χ0) is 25.4. The molecule has 9 heteroatoms. The average Bonchev–Trinajstić information content (AvgIpc) is 3.22. The van der Waals surface area contributed by atoms with Crippen LogP contribution >= 0.6 is 23.2 Å². The number of anilines is 2. The minimum absolute atomic E-state index is 0.0708. The lowest BCUT2D eigenvalue weighted by Crippen LogP contribution is -2.29. The average molecular weight is 539 g/mol. The van der Waals surface area contributed by atoms with Crippen LogP contribution in [-0.4, -0.2) is 20.6 Å². The lowest BCUT2D eigenvalue weighted by Gasteiger charge is -2.23. The fraction of sp³-hybridized carbons (Fsp3) is 0.0741. The third kappa shape index (κ3) is 4.91. The first kappa shape index (κ1) is 24.2. The van der Waals surface area contributed by atoms with E-state index in [4.69, 9.17) is 27.6 Å². The lowest BCUT2D eigenvalue weighted by molar-refractivity contribution is 0.102. The minimum Gasteiger partial charge on any atom is -0.456 e. The summed E-state index contributed by atoms with van der Waals surface area (Å²) in [7, 11) is -3.60. The minimum atomic E-state index is -3.60. The standard InChI is InChI=1S/C27H20Cl2N2O4S/c1-36(33,34)31(20-11-13-23(28)24(29)15-20)16-17-6-8-18(9-7-17)27(32)30-19-10-12-22-21-4-2-3-5-25(21)35-26(22)14-19/h2-15H,16H2,1H3,(H,30,32). The van der Waals surface area contributed by atoms with E-state index in [1.165, 1.54) is 10.4 Å². The van der Waals surface area contributed by atoms with Crippen LogP contribution in [-0.2, 0) is 16.6 Å². The van der Waals surface area contributed by atoms with E-state index in [9.17, 15) is 13.2 Å². The SMILES string of the molecule is CS(=O)(=O)N(Cc1ccc(C(=O)Nc2ccc3c(c2)oc2ccccc23)cc1)c1ccc(Cl)c(Cl)c1. The largest absolute Gasteiger partial charge is 0.456 e. The van der Waals surface area contributed by atoms with Gasteiger partial charge in [0.15, 0.2) is 0 Å². The molecule has 0 spiro atoms. The summed E-state index contributed by atoms with van der Waals surface area (Å²) >= 11 is 12.1. The van der Waals surface area contributed by atoms with Crippen molar-refractivity contribution in [2.24, 2.45) is 0 Å². The van der Waals surface area contributed by atoms with Crippen LogP contribution in [0.4, 0.5) is 11.4 Å². The number of para-hydroxylation sites is 1. The van der Waals surface area contributed by atoms with Crippen molar-refractivity contribution in [3.8, 4) is 0 Å². The molecule has 1 heterocycles. The summed E-state index contributed by atoms with van der Waals surface area (Å²) in [5.74, 6) is -0.290. The van der Waals surface area contributed by atoms with Gasteiger partial charge in [0, 0.05) is 28.1 Å². The summed E-state index contributed by atoms with van der Waals surface area (Å²) in [6.07, 6.45) is 1.12. The molecule has 1 N–H and O–H groups in total. The maximum atomic E-state index is 12.8. The van der Waals surface area contributed by atoms with Crippen molar-refractivity contribution in [2.45, 2.75) is 6.54 Å². The van der Waals surface area contributed by atoms with Crippen LogP contribution < -0.4 is 9.62 Å². The van der Waals surface area contributed by atoms with Crippen molar-refractivity contribution in [3.63, 3.8) is 0 Å². The number of rotatable bonds is 6. The Kier molecular flexibility index (Phi) is 6.38. The van der Waals surface area contributed by atoms with Gasteiger partial charge in [-0.05, 0) is 54.1 Å². The molecule has 0 atom stereocenters. The summed E-state index contributed by atoms with van der Waals surface area (Å²) < 4.78 is 32.0. The molecule has 0 aliphatic carbocycles. The van der Waals surface area contributed by atoms with Crippen LogP contribution in [0.25, 0.3) is 21.9 Å². The molecule has 0 aliphatic rings. The molecule has 0 fully saturated rings. The normalized spacial score (nSPS) is 11.6. The van der Waals surface area contributed by atoms with Crippen molar-refractivity contribution in [1.82, 2.24) is 0 Å². The quantitative estimate of drug-likeness (QED) is 0.249. The number of nitrogens with zero attached hydrogens (tertiary/aromatic N) is 1. The van der Waals surface area contributed by atoms with Crippen LogP contribution in [0.15, 0.2) is 89.3 Å². The van der Waals surface area contributed by atoms with E-state index in [-0.39, 0.29) is 17.5 Å². The molecule has 5 aromatic rings. The number of carbonyl (C=O) groups excluding carboxylic acids is 1. The van der Waals surface area contributed by atoms with Crippen molar-refractivity contribution < 1.29 is 17.6 Å². The van der Waals surface area contributed by atoms with Gasteiger partial charge in [-0.25, -0.2) is 8.42 Å². The van der Waals surface area contributed by atoms with Crippen molar-refractivity contribution in [3.05, 3.63) is 106 Å². The van der Waals surface area contributed by atoms with E-state index in [0.29, 0.717) is 33.1 Å². The Labute approximate surface area is 218 Å². The maximum absolute atomic E-state index is 12.8. The molecular weight excluding hydrogens is 519 g/mol. The van der Waals surface area contributed by atoms with Crippen LogP contribution in [0.3, 0.4) is 0 Å². The van der Waals surface area contributed by atoms with Gasteiger partial charge in [-0.1, -0.05) is 53.5 Å². The first-order valence-electron chi connectivity index (χ1n) is 10.9. The molecule has 0 radical (unpaired) electrons. The second-order valence-electron chi connectivity index (χ2n) is 8.33. The van der Waals surface area contributed by atoms with Gasteiger partial charge in [0.1, 0.15) is 11.2 Å². The fourth-order valence-corrected chi connectivity index (χ4v) is 5.15. The smallest absolute Gasteiger partial charge is 0.255 e. The molecule has 1 aromatic heterocycles. The molecular formula is C27H20Cl2N2O4S. The van der Waals surface area contributed by atoms with Crippen molar-refractivity contribution in [2.75, 3.05) is 15.9 Å². The van der Waals surface area contributed by atoms with Crippen LogP contribution in [0.5, 0.6) is 0 Å². The summed E-state index contributed by atoms with van der Waals surface area (Å²) in [4.78, 5) is 12.8. The summed E-state index contributed by atoms with van der Waals surface area (Å²) in [5, 5.41) is 5.48. The highest BCUT2D eigenvalue weighted by Gasteiger charge is 2.19. The highest BCUT2D eigenvalue weighted by molar-refractivity contribution is 7.92. The summed E-state index contributed by atoms with van der Waals surface area (Å²) in [6.45, 7) is 0.0708. The molecule has 0 saturated heterocycles. The molecule has 0 bridgehead atoms. The second kappa shape index (κ2) is 9.50. The second-order valence-corrected chi connectivity index (χ2v) is 11.0. The van der Waals surface area contributed by atoms with Crippen molar-refractivity contribution >= 4 is 72.4 Å². The molecule has 36 heavy (non-hydrogen) atoms. The van der Waals surface area contributed by atoms with Gasteiger partial charge in [-0.2, -0.15) is 0 Å². The number of furan rings is 1. The van der Waals surface area contributed by atoms with Crippen LogP contribution in [0.2, 0.25) is 10.0 Å². The molecule has 0 saturated carbocycles. The number of fused-ring (bicyclic) bond motifs is 3. The maximum Gasteiger partial charge on any atom is 0.255 e. The molecule has 1 amide bonds. The third-order valence-corrected chi connectivity index (χ3v) is 7.65.